The van der Waals surface area contributed by atoms with E-state index >= 15 is 0 Å². The number of sulfonamides is 1. The van der Waals surface area contributed by atoms with Gasteiger partial charge in [-0.3, -0.25) is 4.79 Å². The van der Waals surface area contributed by atoms with E-state index in [0.29, 0.717) is 17.0 Å². The number of amides is 1. The van der Waals surface area contributed by atoms with Crippen LogP contribution in [0.1, 0.15) is 30.7 Å². The van der Waals surface area contributed by atoms with Crippen LogP contribution in [0, 0.1) is 5.82 Å². The smallest absolute Gasteiger partial charge is 0.248 e. The third-order valence-electron chi connectivity index (χ3n) is 5.77. The minimum absolute atomic E-state index is 0.0105. The van der Waals surface area contributed by atoms with Crippen LogP contribution in [0.4, 0.5) is 10.1 Å². The Kier molecular flexibility index (Phi) is 7.27. The molecule has 3 aromatic rings. The summed E-state index contributed by atoms with van der Waals surface area (Å²) in [6.45, 7) is 0.798. The lowest BCUT2D eigenvalue weighted by molar-refractivity contribution is -0.111. The van der Waals surface area contributed by atoms with Gasteiger partial charge in [-0.2, -0.15) is 0 Å². The monoisotopic (exact) mass is 499 g/mol. The number of nitrogens with one attached hydrogen (secondary N) is 2. The number of benzene rings is 2. The molecular weight excluding hydrogens is 473 g/mol. The van der Waals surface area contributed by atoms with E-state index in [1.807, 2.05) is 4.57 Å². The van der Waals surface area contributed by atoms with Crippen LogP contribution in [0.2, 0.25) is 0 Å². The number of halogens is 1. The van der Waals surface area contributed by atoms with Crippen molar-refractivity contribution < 1.29 is 22.3 Å². The molecule has 0 saturated heterocycles. The Morgan fingerprint density at radius 3 is 2.74 bits per heavy atom. The molecule has 0 fully saturated rings. The highest BCUT2D eigenvalue weighted by atomic mass is 32.2. The number of rotatable bonds is 7. The average Bonchev–Trinajstić information content (AvgIpc) is 3.11. The second-order valence-electron chi connectivity index (χ2n) is 8.04. The van der Waals surface area contributed by atoms with Crippen LogP contribution in [0.25, 0.3) is 17.5 Å². The van der Waals surface area contributed by atoms with Crippen molar-refractivity contribution in [2.45, 2.75) is 37.1 Å². The highest BCUT2D eigenvalue weighted by Crippen LogP contribution is 2.27. The van der Waals surface area contributed by atoms with Gasteiger partial charge in [-0.25, -0.2) is 17.5 Å². The van der Waals surface area contributed by atoms with E-state index in [9.17, 15) is 17.6 Å². The minimum Gasteiger partial charge on any atom is -0.495 e. The largest absolute Gasteiger partial charge is 0.495 e. The standard InChI is InChI=1S/C24H26FN5O4S/c1-26-35(32,33)21-14-16(7-11-20(21)34-2)8-12-23(31)27-19-15-17(9-10-18(19)25)24-29-28-22-6-4-3-5-13-30(22)24/h7-12,14-15,26H,3-6,13H2,1-2H3,(H,27,31)/b12-8+. The molecule has 184 valence electrons. The number of aromatic nitrogens is 3. The van der Waals surface area contributed by atoms with Gasteiger partial charge in [0.05, 0.1) is 12.8 Å². The SMILES string of the molecule is CNS(=O)(=O)c1cc(/C=C/C(=O)Nc2cc(-c3nnc4n3CCCCC4)ccc2F)ccc1OC. The maximum Gasteiger partial charge on any atom is 0.248 e. The quantitative estimate of drug-likeness (QED) is 0.482. The summed E-state index contributed by atoms with van der Waals surface area (Å²) >= 11 is 0. The fourth-order valence-electron chi connectivity index (χ4n) is 3.92. The molecule has 2 N–H and O–H groups in total. The zero-order valence-corrected chi connectivity index (χ0v) is 20.2. The molecule has 4 rings (SSSR count). The number of hydrogen-bond donors (Lipinski definition) is 2. The van der Waals surface area contributed by atoms with Crippen molar-refractivity contribution in [2.75, 3.05) is 19.5 Å². The van der Waals surface area contributed by atoms with Crippen LogP contribution in [0.3, 0.4) is 0 Å². The van der Waals surface area contributed by atoms with Crippen LogP contribution < -0.4 is 14.8 Å². The van der Waals surface area contributed by atoms with Crippen LogP contribution in [-0.2, 0) is 27.8 Å². The predicted molar refractivity (Wildman–Crippen MR) is 130 cm³/mol. The van der Waals surface area contributed by atoms with Crippen molar-refractivity contribution in [3.63, 3.8) is 0 Å². The molecule has 1 aliphatic rings. The molecule has 9 nitrogen and oxygen atoms in total. The Balaban J connectivity index is 1.54. The van der Waals surface area contributed by atoms with Gasteiger partial charge in [-0.05, 0) is 61.9 Å². The lowest BCUT2D eigenvalue weighted by Gasteiger charge is -2.10. The topological polar surface area (TPSA) is 115 Å². The molecule has 0 bridgehead atoms. The summed E-state index contributed by atoms with van der Waals surface area (Å²) in [6, 6.07) is 8.91. The third kappa shape index (κ3) is 5.41. The highest BCUT2D eigenvalue weighted by Gasteiger charge is 2.19. The van der Waals surface area contributed by atoms with Gasteiger partial charge >= 0.3 is 0 Å². The fourth-order valence-corrected chi connectivity index (χ4v) is 4.85. The molecule has 0 radical (unpaired) electrons. The van der Waals surface area contributed by atoms with E-state index in [-0.39, 0.29) is 16.3 Å². The number of carbonyl (C=O) groups excluding carboxylic acids is 1. The highest BCUT2D eigenvalue weighted by molar-refractivity contribution is 7.89. The van der Waals surface area contributed by atoms with Crippen LogP contribution >= 0.6 is 0 Å². The van der Waals surface area contributed by atoms with Crippen molar-refractivity contribution >= 4 is 27.7 Å². The number of methoxy groups -OCH3 is 1. The maximum absolute atomic E-state index is 14.5. The Bertz CT molecular complexity index is 1380. The van der Waals surface area contributed by atoms with Gasteiger partial charge in [0.15, 0.2) is 5.82 Å². The molecule has 2 aromatic carbocycles. The molecule has 1 aliphatic heterocycles. The van der Waals surface area contributed by atoms with Gasteiger partial charge in [0.25, 0.3) is 0 Å². The number of aryl methyl sites for hydroxylation is 1. The average molecular weight is 500 g/mol. The normalized spacial score (nSPS) is 13.9. The van der Waals surface area contributed by atoms with E-state index in [2.05, 4.69) is 20.2 Å². The maximum atomic E-state index is 14.5. The van der Waals surface area contributed by atoms with E-state index in [1.54, 1.807) is 12.1 Å². The van der Waals surface area contributed by atoms with E-state index in [4.69, 9.17) is 4.74 Å². The van der Waals surface area contributed by atoms with Gasteiger partial charge in [0.1, 0.15) is 22.3 Å². The number of anilines is 1. The molecule has 0 aliphatic carbocycles. The van der Waals surface area contributed by atoms with Crippen molar-refractivity contribution in [3.05, 3.63) is 59.7 Å². The Labute approximate surface area is 203 Å². The Morgan fingerprint density at radius 2 is 1.97 bits per heavy atom. The molecular formula is C24H26FN5O4S. The van der Waals surface area contributed by atoms with E-state index in [1.165, 1.54) is 50.6 Å². The van der Waals surface area contributed by atoms with E-state index in [0.717, 1.165) is 38.1 Å². The van der Waals surface area contributed by atoms with Crippen molar-refractivity contribution in [1.82, 2.24) is 19.5 Å². The number of nitrogens with zero attached hydrogens (tertiary/aromatic N) is 3. The summed E-state index contributed by atoms with van der Waals surface area (Å²) in [4.78, 5) is 12.5. The first-order valence-corrected chi connectivity index (χ1v) is 12.6. The second-order valence-corrected chi connectivity index (χ2v) is 9.89. The predicted octanol–water partition coefficient (Wildman–Crippen LogP) is 3.38. The second kappa shape index (κ2) is 10.4. The first-order valence-electron chi connectivity index (χ1n) is 11.1. The van der Waals surface area contributed by atoms with Crippen LogP contribution in [0.15, 0.2) is 47.4 Å². The van der Waals surface area contributed by atoms with E-state index < -0.39 is 21.7 Å². The number of hydrogen-bond acceptors (Lipinski definition) is 6. The molecule has 0 saturated carbocycles. The molecule has 2 heterocycles. The van der Waals surface area contributed by atoms with Crippen molar-refractivity contribution in [3.8, 4) is 17.1 Å². The number of ether oxygens (including phenoxy) is 1. The van der Waals surface area contributed by atoms with Crippen LogP contribution in [0.5, 0.6) is 5.75 Å². The lowest BCUT2D eigenvalue weighted by atomic mass is 10.1. The lowest BCUT2D eigenvalue weighted by Crippen LogP contribution is -2.19. The van der Waals surface area contributed by atoms with Gasteiger partial charge in [-0.15, -0.1) is 10.2 Å². The van der Waals surface area contributed by atoms with Gasteiger partial charge in [-0.1, -0.05) is 12.5 Å². The summed E-state index contributed by atoms with van der Waals surface area (Å²) < 4.78 is 48.4. The summed E-state index contributed by atoms with van der Waals surface area (Å²) in [6.07, 6.45) is 6.69. The molecule has 1 amide bonds. The van der Waals surface area contributed by atoms with Gasteiger partial charge in [0, 0.05) is 24.6 Å². The molecule has 11 heteroatoms. The Hall–Kier alpha value is -3.57. The summed E-state index contributed by atoms with van der Waals surface area (Å²) in [5, 5.41) is 11.1. The molecule has 1 aromatic heterocycles. The van der Waals surface area contributed by atoms with Gasteiger partial charge < -0.3 is 14.6 Å². The number of carbonyl (C=O) groups is 1. The molecule has 0 unspecified atom stereocenters. The first-order chi connectivity index (χ1) is 16.8. The molecule has 0 spiro atoms. The third-order valence-corrected chi connectivity index (χ3v) is 7.20. The summed E-state index contributed by atoms with van der Waals surface area (Å²) in [5.74, 6) is 0.568. The first kappa shape index (κ1) is 24.6. The van der Waals surface area contributed by atoms with Crippen LogP contribution in [-0.4, -0.2) is 43.2 Å². The summed E-state index contributed by atoms with van der Waals surface area (Å²) in [5.41, 5.74) is 1.12. The zero-order chi connectivity index (χ0) is 25.0. The molecule has 0 atom stereocenters. The fraction of sp³-hybridized carbons (Fsp3) is 0.292. The van der Waals surface area contributed by atoms with Crippen molar-refractivity contribution in [1.29, 1.82) is 0 Å². The van der Waals surface area contributed by atoms with Crippen molar-refractivity contribution in [2.24, 2.45) is 0 Å². The van der Waals surface area contributed by atoms with Gasteiger partial charge in [0.2, 0.25) is 15.9 Å². The summed E-state index contributed by atoms with van der Waals surface area (Å²) in [7, 11) is -1.10. The zero-order valence-electron chi connectivity index (χ0n) is 19.4. The number of fused-ring (bicyclic) bond motifs is 1. The minimum atomic E-state index is -3.76. The Morgan fingerprint density at radius 1 is 1.14 bits per heavy atom. The molecule has 35 heavy (non-hydrogen) atoms.